The Labute approximate surface area is 132 Å². The number of benzene rings is 1. The van der Waals surface area contributed by atoms with Gasteiger partial charge in [0.15, 0.2) is 0 Å². The third kappa shape index (κ3) is 5.28. The van der Waals surface area contributed by atoms with Gasteiger partial charge < -0.3 is 19.0 Å². The van der Waals surface area contributed by atoms with Gasteiger partial charge in [-0.05, 0) is 37.0 Å². The summed E-state index contributed by atoms with van der Waals surface area (Å²) in [6, 6.07) is 7.85. The van der Waals surface area contributed by atoms with Crippen molar-refractivity contribution in [3.05, 3.63) is 42.0 Å². The number of methoxy groups -OCH3 is 1. The first-order chi connectivity index (χ1) is 10.7. The third-order valence-electron chi connectivity index (χ3n) is 3.79. The van der Waals surface area contributed by atoms with Gasteiger partial charge in [0.25, 0.3) is 0 Å². The summed E-state index contributed by atoms with van der Waals surface area (Å²) in [6.45, 7) is 5.26. The number of carbonyl (C=O) groups is 1. The van der Waals surface area contributed by atoms with Crippen molar-refractivity contribution < 1.29 is 19.0 Å². The molecule has 1 fully saturated rings. The van der Waals surface area contributed by atoms with Crippen LogP contribution in [0.5, 0.6) is 5.75 Å². The van der Waals surface area contributed by atoms with E-state index in [9.17, 15) is 4.79 Å². The van der Waals surface area contributed by atoms with Gasteiger partial charge in [-0.25, -0.2) is 0 Å². The maximum Gasteiger partial charge on any atom is 0.122 e. The summed E-state index contributed by atoms with van der Waals surface area (Å²) in [5.74, 6) is 0.846. The summed E-state index contributed by atoms with van der Waals surface area (Å²) in [5.41, 5.74) is 2.28. The van der Waals surface area contributed by atoms with Crippen molar-refractivity contribution in [1.29, 1.82) is 0 Å². The number of carbonyl (C=O) groups excluding carboxylic acids is 1. The van der Waals surface area contributed by atoms with E-state index in [0.29, 0.717) is 19.6 Å². The highest BCUT2D eigenvalue weighted by Gasteiger charge is 2.24. The van der Waals surface area contributed by atoms with Crippen LogP contribution in [0.1, 0.15) is 31.2 Å². The van der Waals surface area contributed by atoms with E-state index in [0.717, 1.165) is 36.9 Å². The fourth-order valence-corrected chi connectivity index (χ4v) is 2.64. The van der Waals surface area contributed by atoms with Crippen LogP contribution in [0.25, 0.3) is 0 Å². The molecule has 1 aliphatic heterocycles. The summed E-state index contributed by atoms with van der Waals surface area (Å²) in [4.78, 5) is 10.6. The Kier molecular flexibility index (Phi) is 6.62. The summed E-state index contributed by atoms with van der Waals surface area (Å²) >= 11 is 0. The molecule has 4 nitrogen and oxygen atoms in total. The van der Waals surface area contributed by atoms with Gasteiger partial charge >= 0.3 is 0 Å². The Balaban J connectivity index is 1.69. The predicted molar refractivity (Wildman–Crippen MR) is 85.0 cm³/mol. The van der Waals surface area contributed by atoms with Gasteiger partial charge in [-0.1, -0.05) is 24.3 Å². The van der Waals surface area contributed by atoms with E-state index in [1.807, 2.05) is 24.3 Å². The van der Waals surface area contributed by atoms with E-state index in [1.54, 1.807) is 7.11 Å². The number of rotatable bonds is 8. The highest BCUT2D eigenvalue weighted by molar-refractivity contribution is 5.50. The first-order valence-corrected chi connectivity index (χ1v) is 7.67. The molecule has 4 heteroatoms. The molecule has 0 radical (unpaired) electrons. The molecule has 0 N–H and O–H groups in total. The molecule has 1 heterocycles. The minimum atomic E-state index is -0.00895. The largest absolute Gasteiger partial charge is 0.497 e. The highest BCUT2D eigenvalue weighted by atomic mass is 16.5. The van der Waals surface area contributed by atoms with Crippen molar-refractivity contribution in [1.82, 2.24) is 0 Å². The lowest BCUT2D eigenvalue weighted by molar-refractivity contribution is -0.113. The molecule has 0 aromatic heterocycles. The van der Waals surface area contributed by atoms with Crippen molar-refractivity contribution in [2.75, 3.05) is 13.7 Å². The van der Waals surface area contributed by atoms with Crippen LogP contribution in [-0.4, -0.2) is 32.2 Å². The van der Waals surface area contributed by atoms with Gasteiger partial charge in [0, 0.05) is 13.0 Å². The average molecular weight is 304 g/mol. The monoisotopic (exact) mass is 304 g/mol. The molecule has 0 spiro atoms. The topological polar surface area (TPSA) is 44.8 Å². The minimum absolute atomic E-state index is 0.00895. The van der Waals surface area contributed by atoms with Crippen LogP contribution in [0.3, 0.4) is 0 Å². The SMILES string of the molecule is C=C1C[C@@H](CC=O)O[C@@H](CCOCc2ccc(OC)cc2)C1. The van der Waals surface area contributed by atoms with Crippen molar-refractivity contribution in [3.63, 3.8) is 0 Å². The molecule has 0 bridgehead atoms. The molecule has 1 aromatic rings. The molecule has 120 valence electrons. The second-order valence-corrected chi connectivity index (χ2v) is 5.63. The Morgan fingerprint density at radius 2 is 2.00 bits per heavy atom. The van der Waals surface area contributed by atoms with E-state index in [-0.39, 0.29) is 12.2 Å². The Hall–Kier alpha value is -1.65. The molecule has 2 atom stereocenters. The van der Waals surface area contributed by atoms with E-state index in [4.69, 9.17) is 14.2 Å². The Bertz CT molecular complexity index is 480. The molecule has 0 aliphatic carbocycles. The summed E-state index contributed by atoms with van der Waals surface area (Å²) in [5, 5.41) is 0. The van der Waals surface area contributed by atoms with Crippen molar-refractivity contribution in [3.8, 4) is 5.75 Å². The average Bonchev–Trinajstić information content (AvgIpc) is 2.52. The molecule has 22 heavy (non-hydrogen) atoms. The standard InChI is InChI=1S/C18H24O4/c1-14-11-17(7-9-19)22-18(12-14)8-10-21-13-15-3-5-16(20-2)6-4-15/h3-6,9,17-18H,1,7-8,10-13H2,2H3/t17-,18+/m1/s1. The maximum atomic E-state index is 10.6. The van der Waals surface area contributed by atoms with Gasteiger partial charge in [-0.3, -0.25) is 0 Å². The van der Waals surface area contributed by atoms with Crippen LogP contribution in [-0.2, 0) is 20.9 Å². The molecule has 1 aromatic carbocycles. The summed E-state index contributed by atoms with van der Waals surface area (Å²) < 4.78 is 16.7. The highest BCUT2D eigenvalue weighted by Crippen LogP contribution is 2.26. The first-order valence-electron chi connectivity index (χ1n) is 7.67. The zero-order valence-electron chi connectivity index (χ0n) is 13.1. The summed E-state index contributed by atoms with van der Waals surface area (Å²) in [6.07, 6.45) is 3.95. The predicted octanol–water partition coefficient (Wildman–Crippen LogP) is 3.29. The molecule has 0 unspecified atom stereocenters. The normalized spacial score (nSPS) is 21.6. The molecule has 1 saturated heterocycles. The summed E-state index contributed by atoms with van der Waals surface area (Å²) in [7, 11) is 1.65. The van der Waals surface area contributed by atoms with Gasteiger partial charge in [0.2, 0.25) is 0 Å². The van der Waals surface area contributed by atoms with Crippen LogP contribution < -0.4 is 4.74 Å². The van der Waals surface area contributed by atoms with Crippen LogP contribution in [0, 0.1) is 0 Å². The molecule has 0 saturated carbocycles. The lowest BCUT2D eigenvalue weighted by Gasteiger charge is -2.30. The number of ether oxygens (including phenoxy) is 3. The third-order valence-corrected chi connectivity index (χ3v) is 3.79. The fourth-order valence-electron chi connectivity index (χ4n) is 2.64. The lowest BCUT2D eigenvalue weighted by atomic mass is 9.96. The van der Waals surface area contributed by atoms with Crippen molar-refractivity contribution >= 4 is 6.29 Å². The van der Waals surface area contributed by atoms with Crippen LogP contribution in [0.4, 0.5) is 0 Å². The van der Waals surface area contributed by atoms with Gasteiger partial charge in [0.05, 0.1) is 25.9 Å². The van der Waals surface area contributed by atoms with E-state index < -0.39 is 0 Å². The number of hydrogen-bond donors (Lipinski definition) is 0. The lowest BCUT2D eigenvalue weighted by Crippen LogP contribution is -2.30. The fraction of sp³-hybridized carbons (Fsp3) is 0.500. The molecule has 2 rings (SSSR count). The molecular weight excluding hydrogens is 280 g/mol. The van der Waals surface area contributed by atoms with Crippen LogP contribution in [0.2, 0.25) is 0 Å². The molecule has 1 aliphatic rings. The van der Waals surface area contributed by atoms with Crippen LogP contribution >= 0.6 is 0 Å². The Morgan fingerprint density at radius 3 is 2.68 bits per heavy atom. The van der Waals surface area contributed by atoms with Gasteiger partial charge in [0.1, 0.15) is 12.0 Å². The van der Waals surface area contributed by atoms with Gasteiger partial charge in [-0.15, -0.1) is 0 Å². The zero-order chi connectivity index (χ0) is 15.8. The van der Waals surface area contributed by atoms with E-state index in [1.165, 1.54) is 5.57 Å². The van der Waals surface area contributed by atoms with Crippen molar-refractivity contribution in [2.24, 2.45) is 0 Å². The number of hydrogen-bond acceptors (Lipinski definition) is 4. The second kappa shape index (κ2) is 8.71. The molecule has 0 amide bonds. The van der Waals surface area contributed by atoms with Crippen molar-refractivity contribution in [2.45, 2.75) is 44.5 Å². The molecular formula is C18H24O4. The van der Waals surface area contributed by atoms with Crippen LogP contribution in [0.15, 0.2) is 36.4 Å². The minimum Gasteiger partial charge on any atom is -0.497 e. The Morgan fingerprint density at radius 1 is 1.27 bits per heavy atom. The zero-order valence-corrected chi connectivity index (χ0v) is 13.1. The van der Waals surface area contributed by atoms with E-state index in [2.05, 4.69) is 6.58 Å². The number of aldehydes is 1. The van der Waals surface area contributed by atoms with Gasteiger partial charge in [-0.2, -0.15) is 0 Å². The smallest absolute Gasteiger partial charge is 0.122 e. The van der Waals surface area contributed by atoms with E-state index >= 15 is 0 Å². The quantitative estimate of drug-likeness (QED) is 0.420. The maximum absolute atomic E-state index is 10.6. The second-order valence-electron chi connectivity index (χ2n) is 5.63. The first kappa shape index (κ1) is 16.7.